The highest BCUT2D eigenvalue weighted by molar-refractivity contribution is 6.37. The molecule has 0 aliphatic carbocycles. The number of imide groups is 1. The standard InChI is InChI=1S/C27H25FN2O3/c1-3-18-10-14-21(15-11-18)29-25-24(22-6-4-5-7-23(22)33-2)26(31)30(27(25)32)17-16-19-8-12-20(28)13-9-19/h4-15,29H,3,16-17H2,1-2H3. The van der Waals surface area contributed by atoms with Gasteiger partial charge in [0.2, 0.25) is 0 Å². The number of hydrogen-bond acceptors (Lipinski definition) is 4. The Labute approximate surface area is 192 Å². The number of benzene rings is 3. The van der Waals surface area contributed by atoms with Crippen LogP contribution in [0.15, 0.2) is 78.5 Å². The molecule has 2 amide bonds. The van der Waals surface area contributed by atoms with Crippen LogP contribution in [0, 0.1) is 5.82 Å². The molecule has 5 nitrogen and oxygen atoms in total. The molecule has 0 radical (unpaired) electrons. The van der Waals surface area contributed by atoms with Gasteiger partial charge >= 0.3 is 0 Å². The van der Waals surface area contributed by atoms with E-state index in [-0.39, 0.29) is 29.5 Å². The maximum Gasteiger partial charge on any atom is 0.278 e. The van der Waals surface area contributed by atoms with E-state index < -0.39 is 5.91 Å². The number of nitrogens with one attached hydrogen (secondary N) is 1. The van der Waals surface area contributed by atoms with Crippen LogP contribution >= 0.6 is 0 Å². The number of para-hydroxylation sites is 1. The number of anilines is 1. The van der Waals surface area contributed by atoms with Gasteiger partial charge in [-0.15, -0.1) is 0 Å². The summed E-state index contributed by atoms with van der Waals surface area (Å²) in [6, 6.07) is 21.0. The Balaban J connectivity index is 1.68. The zero-order chi connectivity index (χ0) is 23.4. The van der Waals surface area contributed by atoms with E-state index in [1.54, 1.807) is 30.3 Å². The van der Waals surface area contributed by atoms with Crippen molar-refractivity contribution in [3.05, 3.63) is 101 Å². The summed E-state index contributed by atoms with van der Waals surface area (Å²) < 4.78 is 18.7. The van der Waals surface area contributed by atoms with Crippen molar-refractivity contribution in [3.8, 4) is 5.75 Å². The SMILES string of the molecule is CCc1ccc(NC2=C(c3ccccc3OC)C(=O)N(CCc3ccc(F)cc3)C2=O)cc1. The number of halogens is 1. The van der Waals surface area contributed by atoms with E-state index in [0.717, 1.165) is 17.7 Å². The molecular formula is C27H25FN2O3. The molecule has 0 saturated carbocycles. The highest BCUT2D eigenvalue weighted by atomic mass is 19.1. The minimum absolute atomic E-state index is 0.182. The van der Waals surface area contributed by atoms with E-state index in [2.05, 4.69) is 12.2 Å². The van der Waals surface area contributed by atoms with Crippen LogP contribution < -0.4 is 10.1 Å². The average Bonchev–Trinajstić information content (AvgIpc) is 3.07. The number of carbonyl (C=O) groups is 2. The predicted molar refractivity (Wildman–Crippen MR) is 126 cm³/mol. The van der Waals surface area contributed by atoms with Gasteiger partial charge < -0.3 is 10.1 Å². The lowest BCUT2D eigenvalue weighted by molar-refractivity contribution is -0.136. The van der Waals surface area contributed by atoms with Crippen molar-refractivity contribution in [2.45, 2.75) is 19.8 Å². The first-order valence-electron chi connectivity index (χ1n) is 10.9. The summed E-state index contributed by atoms with van der Waals surface area (Å²) in [6.07, 6.45) is 1.33. The molecule has 0 spiro atoms. The molecule has 0 fully saturated rings. The zero-order valence-electron chi connectivity index (χ0n) is 18.6. The molecular weight excluding hydrogens is 419 g/mol. The molecule has 168 valence electrons. The molecule has 1 aliphatic rings. The van der Waals surface area contributed by atoms with Gasteiger partial charge in [0.15, 0.2) is 0 Å². The van der Waals surface area contributed by atoms with E-state index in [9.17, 15) is 14.0 Å². The second-order valence-corrected chi connectivity index (χ2v) is 7.76. The molecule has 0 aromatic heterocycles. The van der Waals surface area contributed by atoms with Crippen LogP contribution in [-0.4, -0.2) is 30.4 Å². The van der Waals surface area contributed by atoms with Gasteiger partial charge in [-0.3, -0.25) is 14.5 Å². The number of rotatable bonds is 8. The van der Waals surface area contributed by atoms with E-state index in [0.29, 0.717) is 17.7 Å². The van der Waals surface area contributed by atoms with Crippen molar-refractivity contribution < 1.29 is 18.7 Å². The summed E-state index contributed by atoms with van der Waals surface area (Å²) in [7, 11) is 1.53. The molecule has 6 heteroatoms. The van der Waals surface area contributed by atoms with Crippen LogP contribution in [0.1, 0.15) is 23.6 Å². The summed E-state index contributed by atoms with van der Waals surface area (Å²) in [4.78, 5) is 28.1. The summed E-state index contributed by atoms with van der Waals surface area (Å²) in [5, 5.41) is 3.17. The number of nitrogens with zero attached hydrogens (tertiary/aromatic N) is 1. The van der Waals surface area contributed by atoms with E-state index in [4.69, 9.17) is 4.74 Å². The monoisotopic (exact) mass is 444 g/mol. The number of ether oxygens (including phenoxy) is 1. The minimum atomic E-state index is -0.400. The molecule has 0 saturated heterocycles. The third-order valence-electron chi connectivity index (χ3n) is 5.71. The first-order chi connectivity index (χ1) is 16.0. The molecule has 4 rings (SSSR count). The summed E-state index contributed by atoms with van der Waals surface area (Å²) >= 11 is 0. The number of hydrogen-bond donors (Lipinski definition) is 1. The third kappa shape index (κ3) is 4.65. The van der Waals surface area contributed by atoms with Crippen LogP contribution in [0.4, 0.5) is 10.1 Å². The third-order valence-corrected chi connectivity index (χ3v) is 5.71. The van der Waals surface area contributed by atoms with Gasteiger partial charge in [0.25, 0.3) is 11.8 Å². The Morgan fingerprint density at radius 1 is 0.879 bits per heavy atom. The predicted octanol–water partition coefficient (Wildman–Crippen LogP) is 4.83. The lowest BCUT2D eigenvalue weighted by Gasteiger charge is -2.15. The Morgan fingerprint density at radius 3 is 2.21 bits per heavy atom. The fourth-order valence-electron chi connectivity index (χ4n) is 3.86. The van der Waals surface area contributed by atoms with Crippen LogP contribution in [0.25, 0.3) is 5.57 Å². The molecule has 1 heterocycles. The quantitative estimate of drug-likeness (QED) is 0.506. The van der Waals surface area contributed by atoms with Crippen molar-refractivity contribution >= 4 is 23.1 Å². The van der Waals surface area contributed by atoms with Crippen LogP contribution in [-0.2, 0) is 22.4 Å². The molecule has 0 atom stereocenters. The second kappa shape index (κ2) is 9.69. The number of carbonyl (C=O) groups excluding carboxylic acids is 2. The first-order valence-corrected chi connectivity index (χ1v) is 10.9. The highest BCUT2D eigenvalue weighted by Crippen LogP contribution is 2.35. The molecule has 0 unspecified atom stereocenters. The van der Waals surface area contributed by atoms with E-state index >= 15 is 0 Å². The molecule has 1 N–H and O–H groups in total. The van der Waals surface area contributed by atoms with Crippen LogP contribution in [0.3, 0.4) is 0 Å². The molecule has 0 bridgehead atoms. The number of aryl methyl sites for hydroxylation is 1. The van der Waals surface area contributed by atoms with Gasteiger partial charge in [-0.2, -0.15) is 0 Å². The van der Waals surface area contributed by atoms with Crippen LogP contribution in [0.2, 0.25) is 0 Å². The summed E-state index contributed by atoms with van der Waals surface area (Å²) in [5.74, 6) is -0.607. The van der Waals surface area contributed by atoms with Crippen LogP contribution in [0.5, 0.6) is 5.75 Å². The lowest BCUT2D eigenvalue weighted by atomic mass is 10.0. The highest BCUT2D eigenvalue weighted by Gasteiger charge is 2.40. The second-order valence-electron chi connectivity index (χ2n) is 7.76. The molecule has 1 aliphatic heterocycles. The van der Waals surface area contributed by atoms with Crippen molar-refractivity contribution in [1.29, 1.82) is 0 Å². The van der Waals surface area contributed by atoms with E-state index in [1.807, 2.05) is 30.3 Å². The van der Waals surface area contributed by atoms with Crippen molar-refractivity contribution in [2.75, 3.05) is 19.0 Å². The van der Waals surface area contributed by atoms with Gasteiger partial charge in [-0.1, -0.05) is 49.4 Å². The Hall–Kier alpha value is -3.93. The van der Waals surface area contributed by atoms with Gasteiger partial charge in [0.05, 0.1) is 12.7 Å². The molecule has 3 aromatic carbocycles. The maximum atomic E-state index is 13.5. The Kier molecular flexibility index (Phi) is 6.54. The van der Waals surface area contributed by atoms with E-state index in [1.165, 1.54) is 29.7 Å². The molecule has 3 aromatic rings. The number of methoxy groups -OCH3 is 1. The van der Waals surface area contributed by atoms with Gasteiger partial charge in [0.1, 0.15) is 17.3 Å². The first kappa shape index (κ1) is 22.3. The van der Waals surface area contributed by atoms with Crippen molar-refractivity contribution in [3.63, 3.8) is 0 Å². The van der Waals surface area contributed by atoms with Crippen molar-refractivity contribution in [1.82, 2.24) is 4.90 Å². The smallest absolute Gasteiger partial charge is 0.278 e. The Morgan fingerprint density at radius 2 is 1.55 bits per heavy atom. The normalized spacial score (nSPS) is 13.6. The Bertz CT molecular complexity index is 1200. The summed E-state index contributed by atoms with van der Waals surface area (Å²) in [6.45, 7) is 2.25. The summed E-state index contributed by atoms with van der Waals surface area (Å²) in [5.41, 5.74) is 3.78. The lowest BCUT2D eigenvalue weighted by Crippen LogP contribution is -2.34. The minimum Gasteiger partial charge on any atom is -0.496 e. The average molecular weight is 445 g/mol. The van der Waals surface area contributed by atoms with Gasteiger partial charge in [-0.25, -0.2) is 4.39 Å². The maximum absolute atomic E-state index is 13.5. The van der Waals surface area contributed by atoms with Gasteiger partial charge in [-0.05, 0) is 54.3 Å². The van der Waals surface area contributed by atoms with Gasteiger partial charge in [0, 0.05) is 17.8 Å². The molecule has 33 heavy (non-hydrogen) atoms. The largest absolute Gasteiger partial charge is 0.496 e. The topological polar surface area (TPSA) is 58.6 Å². The fourth-order valence-corrected chi connectivity index (χ4v) is 3.86. The van der Waals surface area contributed by atoms with Crippen molar-refractivity contribution in [2.24, 2.45) is 0 Å². The fraction of sp³-hybridized carbons (Fsp3) is 0.185. The number of amides is 2. The zero-order valence-corrected chi connectivity index (χ0v) is 18.6.